The Morgan fingerprint density at radius 2 is 1.88 bits per heavy atom. The lowest BCUT2D eigenvalue weighted by Crippen LogP contribution is -2.37. The van der Waals surface area contributed by atoms with Crippen molar-refractivity contribution in [1.29, 1.82) is 0 Å². The smallest absolute Gasteiger partial charge is 0.347 e. The molecule has 0 amide bonds. The van der Waals surface area contributed by atoms with Gasteiger partial charge in [-0.05, 0) is 44.2 Å². The van der Waals surface area contributed by atoms with E-state index in [9.17, 15) is 14.9 Å². The highest BCUT2D eigenvalue weighted by atomic mass is 16.6. The molecule has 0 saturated carbocycles. The molecule has 0 radical (unpaired) electrons. The number of nitro groups is 1. The molecule has 0 fully saturated rings. The van der Waals surface area contributed by atoms with Crippen molar-refractivity contribution >= 4 is 17.3 Å². The highest BCUT2D eigenvalue weighted by Crippen LogP contribution is 2.25. The standard InChI is InChI=1S/C17H15N3O5/c1-17(2,16(21)22)25-13-6-3-11(4-7-13)14-10-19-9-12(20(23)24)5-8-15(19)18-14/h3-10H,1-2H3,(H,21,22). The Hall–Kier alpha value is -3.42. The van der Waals surface area contributed by atoms with E-state index >= 15 is 0 Å². The van der Waals surface area contributed by atoms with Crippen molar-refractivity contribution in [2.75, 3.05) is 0 Å². The summed E-state index contributed by atoms with van der Waals surface area (Å²) in [6, 6.07) is 9.80. The van der Waals surface area contributed by atoms with Gasteiger partial charge in [0.2, 0.25) is 0 Å². The Morgan fingerprint density at radius 3 is 2.48 bits per heavy atom. The van der Waals surface area contributed by atoms with Crippen LogP contribution < -0.4 is 4.74 Å². The lowest BCUT2D eigenvalue weighted by molar-refractivity contribution is -0.385. The average Bonchev–Trinajstić information content (AvgIpc) is 2.98. The molecular weight excluding hydrogens is 326 g/mol. The summed E-state index contributed by atoms with van der Waals surface area (Å²) in [7, 11) is 0. The summed E-state index contributed by atoms with van der Waals surface area (Å²) in [5.74, 6) is -0.630. The van der Waals surface area contributed by atoms with Crippen LogP contribution in [0.3, 0.4) is 0 Å². The number of fused-ring (bicyclic) bond motifs is 1. The molecule has 8 heteroatoms. The molecular formula is C17H15N3O5. The van der Waals surface area contributed by atoms with Crippen LogP contribution in [0.5, 0.6) is 5.75 Å². The molecule has 0 unspecified atom stereocenters. The normalized spacial score (nSPS) is 11.4. The molecule has 3 aromatic rings. The number of rotatable bonds is 5. The summed E-state index contributed by atoms with van der Waals surface area (Å²) < 4.78 is 7.04. The molecule has 0 saturated heterocycles. The fourth-order valence-corrected chi connectivity index (χ4v) is 2.26. The number of nitrogens with zero attached hydrogens (tertiary/aromatic N) is 3. The zero-order valence-corrected chi connectivity index (χ0v) is 13.5. The second-order valence-electron chi connectivity index (χ2n) is 5.98. The summed E-state index contributed by atoms with van der Waals surface area (Å²) in [6.07, 6.45) is 3.10. The van der Waals surface area contributed by atoms with E-state index < -0.39 is 16.5 Å². The van der Waals surface area contributed by atoms with Gasteiger partial charge >= 0.3 is 5.97 Å². The maximum absolute atomic E-state index is 11.1. The number of imidazole rings is 1. The van der Waals surface area contributed by atoms with E-state index in [1.807, 2.05) is 0 Å². The van der Waals surface area contributed by atoms with Gasteiger partial charge in [-0.3, -0.25) is 14.5 Å². The average molecular weight is 341 g/mol. The number of carboxylic acid groups (broad SMARTS) is 1. The molecule has 2 heterocycles. The first-order valence-electron chi connectivity index (χ1n) is 7.42. The number of hydrogen-bond donors (Lipinski definition) is 1. The van der Waals surface area contributed by atoms with Crippen molar-refractivity contribution in [3.8, 4) is 17.0 Å². The molecule has 1 aromatic carbocycles. The largest absolute Gasteiger partial charge is 0.478 e. The second-order valence-corrected chi connectivity index (χ2v) is 5.98. The van der Waals surface area contributed by atoms with Crippen LogP contribution in [0.4, 0.5) is 5.69 Å². The minimum absolute atomic E-state index is 0.0175. The molecule has 0 bridgehead atoms. The van der Waals surface area contributed by atoms with Crippen molar-refractivity contribution in [2.45, 2.75) is 19.4 Å². The molecule has 0 atom stereocenters. The first kappa shape index (κ1) is 16.4. The summed E-state index contributed by atoms with van der Waals surface area (Å²) in [5.41, 5.74) is 0.671. The summed E-state index contributed by atoms with van der Waals surface area (Å²) >= 11 is 0. The second kappa shape index (κ2) is 5.90. The van der Waals surface area contributed by atoms with Crippen molar-refractivity contribution < 1.29 is 19.6 Å². The van der Waals surface area contributed by atoms with Crippen LogP contribution in [0.2, 0.25) is 0 Å². The van der Waals surface area contributed by atoms with Gasteiger partial charge in [0.05, 0.1) is 16.8 Å². The Labute approximate surface area is 142 Å². The fourth-order valence-electron chi connectivity index (χ4n) is 2.26. The van der Waals surface area contributed by atoms with Gasteiger partial charge in [-0.15, -0.1) is 0 Å². The van der Waals surface area contributed by atoms with E-state index in [1.165, 1.54) is 26.1 Å². The molecule has 2 aromatic heterocycles. The Bertz CT molecular complexity index is 960. The van der Waals surface area contributed by atoms with Crippen molar-refractivity contribution in [3.63, 3.8) is 0 Å². The van der Waals surface area contributed by atoms with E-state index in [1.54, 1.807) is 40.9 Å². The number of carbonyl (C=O) groups is 1. The number of hydrogen-bond acceptors (Lipinski definition) is 5. The minimum Gasteiger partial charge on any atom is -0.478 e. The highest BCUT2D eigenvalue weighted by Gasteiger charge is 2.29. The lowest BCUT2D eigenvalue weighted by atomic mass is 10.1. The van der Waals surface area contributed by atoms with Crippen LogP contribution in [-0.2, 0) is 4.79 Å². The summed E-state index contributed by atoms with van der Waals surface area (Å²) in [4.78, 5) is 25.9. The van der Waals surface area contributed by atoms with E-state index in [0.717, 1.165) is 5.56 Å². The zero-order valence-electron chi connectivity index (χ0n) is 13.5. The number of carboxylic acids is 1. The zero-order chi connectivity index (χ0) is 18.2. The van der Waals surface area contributed by atoms with Gasteiger partial charge in [-0.1, -0.05) is 0 Å². The fraction of sp³-hybridized carbons (Fsp3) is 0.176. The topological polar surface area (TPSA) is 107 Å². The molecule has 0 aliphatic rings. The van der Waals surface area contributed by atoms with Gasteiger partial charge in [0, 0.05) is 17.8 Å². The van der Waals surface area contributed by atoms with Gasteiger partial charge in [0.15, 0.2) is 5.60 Å². The van der Waals surface area contributed by atoms with Crippen LogP contribution in [0.15, 0.2) is 48.8 Å². The van der Waals surface area contributed by atoms with E-state index in [2.05, 4.69) is 4.98 Å². The van der Waals surface area contributed by atoms with Gasteiger partial charge in [-0.25, -0.2) is 9.78 Å². The van der Waals surface area contributed by atoms with Gasteiger partial charge in [0.25, 0.3) is 5.69 Å². The third kappa shape index (κ3) is 3.27. The molecule has 128 valence electrons. The monoisotopic (exact) mass is 341 g/mol. The predicted molar refractivity (Wildman–Crippen MR) is 89.6 cm³/mol. The summed E-state index contributed by atoms with van der Waals surface area (Å²) in [5, 5.41) is 19.9. The molecule has 3 rings (SSSR count). The van der Waals surface area contributed by atoms with Gasteiger partial charge in [-0.2, -0.15) is 0 Å². The minimum atomic E-state index is -1.33. The Balaban J connectivity index is 1.88. The lowest BCUT2D eigenvalue weighted by Gasteiger charge is -2.21. The first-order valence-corrected chi connectivity index (χ1v) is 7.42. The van der Waals surface area contributed by atoms with Crippen molar-refractivity contribution in [1.82, 2.24) is 9.38 Å². The first-order chi connectivity index (χ1) is 11.8. The number of aliphatic carboxylic acids is 1. The predicted octanol–water partition coefficient (Wildman–Crippen LogP) is 3.15. The molecule has 0 aliphatic carbocycles. The molecule has 0 spiro atoms. The van der Waals surface area contributed by atoms with E-state index in [-0.39, 0.29) is 5.69 Å². The van der Waals surface area contributed by atoms with E-state index in [0.29, 0.717) is 17.1 Å². The molecule has 25 heavy (non-hydrogen) atoms. The maximum Gasteiger partial charge on any atom is 0.347 e. The molecule has 0 aliphatic heterocycles. The molecule has 8 nitrogen and oxygen atoms in total. The van der Waals surface area contributed by atoms with Crippen molar-refractivity contribution in [2.24, 2.45) is 0 Å². The SMILES string of the molecule is CC(C)(Oc1ccc(-c2cn3cc([N+](=O)[O-])ccc3n2)cc1)C(=O)O. The Kier molecular flexibility index (Phi) is 3.88. The van der Waals surface area contributed by atoms with E-state index in [4.69, 9.17) is 9.84 Å². The van der Waals surface area contributed by atoms with Crippen LogP contribution in [0.1, 0.15) is 13.8 Å². The third-order valence-corrected chi connectivity index (χ3v) is 3.68. The summed E-state index contributed by atoms with van der Waals surface area (Å²) in [6.45, 7) is 2.94. The number of aromatic nitrogens is 2. The number of benzene rings is 1. The Morgan fingerprint density at radius 1 is 1.20 bits per heavy atom. The quantitative estimate of drug-likeness (QED) is 0.564. The van der Waals surface area contributed by atoms with Crippen LogP contribution in [0, 0.1) is 10.1 Å². The van der Waals surface area contributed by atoms with Gasteiger partial charge in [0.1, 0.15) is 11.4 Å². The van der Waals surface area contributed by atoms with Crippen LogP contribution in [0.25, 0.3) is 16.9 Å². The third-order valence-electron chi connectivity index (χ3n) is 3.68. The molecule has 1 N–H and O–H groups in total. The maximum atomic E-state index is 11.1. The number of ether oxygens (including phenoxy) is 1. The van der Waals surface area contributed by atoms with Crippen LogP contribution >= 0.6 is 0 Å². The highest BCUT2D eigenvalue weighted by molar-refractivity contribution is 5.76. The van der Waals surface area contributed by atoms with Gasteiger partial charge < -0.3 is 9.84 Å². The number of pyridine rings is 1. The van der Waals surface area contributed by atoms with Crippen LogP contribution in [-0.4, -0.2) is 31.0 Å². The van der Waals surface area contributed by atoms with Crippen molar-refractivity contribution in [3.05, 3.63) is 58.9 Å².